The standard InChI is InChI=1S/C21H29N3O5S/c1-14(21(25)22-13-18-7-5-6-8-19(18)28-4)17-9-11-24(12-10-17)30(26,27)20-15(2)23-29-16(20)3/h5-8,14,17H,9-13H2,1-4H3,(H,22,25)/t14-/m1/s1. The first-order valence-electron chi connectivity index (χ1n) is 10.1. The highest BCUT2D eigenvalue weighted by atomic mass is 32.2. The number of benzene rings is 1. The van der Waals surface area contributed by atoms with Crippen molar-refractivity contribution in [3.63, 3.8) is 0 Å². The largest absolute Gasteiger partial charge is 0.496 e. The van der Waals surface area contributed by atoms with E-state index in [0.717, 1.165) is 11.3 Å². The van der Waals surface area contributed by atoms with Crippen LogP contribution in [0.1, 0.15) is 36.8 Å². The molecule has 2 heterocycles. The maximum Gasteiger partial charge on any atom is 0.248 e. The minimum atomic E-state index is -3.64. The van der Waals surface area contributed by atoms with Crippen LogP contribution >= 0.6 is 0 Å². The average molecular weight is 436 g/mol. The van der Waals surface area contributed by atoms with Crippen LogP contribution in [0.2, 0.25) is 0 Å². The number of nitrogens with one attached hydrogen (secondary N) is 1. The van der Waals surface area contributed by atoms with Gasteiger partial charge in [0.2, 0.25) is 15.9 Å². The molecule has 0 radical (unpaired) electrons. The number of ether oxygens (including phenoxy) is 1. The lowest BCUT2D eigenvalue weighted by Gasteiger charge is -2.33. The van der Waals surface area contributed by atoms with Gasteiger partial charge < -0.3 is 14.6 Å². The van der Waals surface area contributed by atoms with E-state index < -0.39 is 10.0 Å². The molecule has 0 unspecified atom stereocenters. The van der Waals surface area contributed by atoms with Crippen LogP contribution in [0.5, 0.6) is 5.75 Å². The highest BCUT2D eigenvalue weighted by molar-refractivity contribution is 7.89. The molecule has 8 nitrogen and oxygen atoms in total. The third kappa shape index (κ3) is 4.52. The van der Waals surface area contributed by atoms with Gasteiger partial charge in [-0.05, 0) is 38.7 Å². The van der Waals surface area contributed by atoms with Crippen molar-refractivity contribution < 1.29 is 22.5 Å². The molecule has 9 heteroatoms. The van der Waals surface area contributed by atoms with E-state index in [9.17, 15) is 13.2 Å². The molecule has 1 atom stereocenters. The number of para-hydroxylation sites is 1. The van der Waals surface area contributed by atoms with Gasteiger partial charge in [0.25, 0.3) is 0 Å². The Labute approximate surface area is 177 Å². The van der Waals surface area contributed by atoms with E-state index in [-0.39, 0.29) is 22.6 Å². The van der Waals surface area contributed by atoms with Crippen molar-refractivity contribution in [3.05, 3.63) is 41.3 Å². The SMILES string of the molecule is COc1ccccc1CNC(=O)[C@H](C)C1CCN(S(=O)(=O)c2c(C)noc2C)CC1. The summed E-state index contributed by atoms with van der Waals surface area (Å²) in [4.78, 5) is 12.8. The number of aryl methyl sites for hydroxylation is 2. The molecule has 2 aromatic rings. The van der Waals surface area contributed by atoms with Crippen molar-refractivity contribution in [1.29, 1.82) is 0 Å². The monoisotopic (exact) mass is 435 g/mol. The van der Waals surface area contributed by atoms with Crippen LogP contribution in [-0.4, -0.2) is 44.0 Å². The van der Waals surface area contributed by atoms with E-state index >= 15 is 0 Å². The summed E-state index contributed by atoms with van der Waals surface area (Å²) < 4.78 is 37.7. The summed E-state index contributed by atoms with van der Waals surface area (Å²) in [7, 11) is -2.04. The molecule has 1 saturated heterocycles. The first-order valence-corrected chi connectivity index (χ1v) is 11.5. The Bertz CT molecular complexity index is 974. The van der Waals surface area contributed by atoms with Crippen LogP contribution < -0.4 is 10.1 Å². The Morgan fingerprint density at radius 2 is 1.97 bits per heavy atom. The molecule has 0 spiro atoms. The summed E-state index contributed by atoms with van der Waals surface area (Å²) in [6, 6.07) is 7.57. The number of methoxy groups -OCH3 is 1. The van der Waals surface area contributed by atoms with Crippen LogP contribution in [-0.2, 0) is 21.4 Å². The minimum absolute atomic E-state index is 0.0343. The number of piperidine rings is 1. The predicted octanol–water partition coefficient (Wildman–Crippen LogP) is 2.65. The summed E-state index contributed by atoms with van der Waals surface area (Å²) in [6.07, 6.45) is 1.26. The Morgan fingerprint density at radius 3 is 2.57 bits per heavy atom. The lowest BCUT2D eigenvalue weighted by Crippen LogP contribution is -2.42. The van der Waals surface area contributed by atoms with Gasteiger partial charge in [0.05, 0.1) is 7.11 Å². The summed E-state index contributed by atoms with van der Waals surface area (Å²) in [5.74, 6) is 0.928. The molecule has 0 saturated carbocycles. The second-order valence-electron chi connectivity index (χ2n) is 7.71. The molecule has 1 fully saturated rings. The van der Waals surface area contributed by atoms with Crippen LogP contribution in [0.15, 0.2) is 33.7 Å². The molecule has 164 valence electrons. The molecule has 1 N–H and O–H groups in total. The first-order chi connectivity index (χ1) is 14.3. The molecule has 3 rings (SSSR count). The van der Waals surface area contributed by atoms with Crippen LogP contribution in [0.3, 0.4) is 0 Å². The zero-order valence-corrected chi connectivity index (χ0v) is 18.7. The second kappa shape index (κ2) is 9.18. The van der Waals surface area contributed by atoms with Crippen molar-refractivity contribution in [2.24, 2.45) is 11.8 Å². The van der Waals surface area contributed by atoms with Crippen molar-refractivity contribution in [2.75, 3.05) is 20.2 Å². The molecule has 1 aliphatic rings. The van der Waals surface area contributed by atoms with Gasteiger partial charge in [-0.1, -0.05) is 30.3 Å². The van der Waals surface area contributed by atoms with Crippen molar-refractivity contribution in [2.45, 2.75) is 45.1 Å². The summed E-state index contributed by atoms with van der Waals surface area (Å²) >= 11 is 0. The molecule has 1 aromatic carbocycles. The Morgan fingerprint density at radius 1 is 1.30 bits per heavy atom. The lowest BCUT2D eigenvalue weighted by molar-refractivity contribution is -0.126. The number of carbonyl (C=O) groups excluding carboxylic acids is 1. The maximum atomic E-state index is 13.0. The molecule has 1 amide bonds. The summed E-state index contributed by atoms with van der Waals surface area (Å²) in [5.41, 5.74) is 1.29. The van der Waals surface area contributed by atoms with Gasteiger partial charge in [0.15, 0.2) is 5.76 Å². The van der Waals surface area contributed by atoms with E-state index in [2.05, 4.69) is 10.5 Å². The third-order valence-corrected chi connectivity index (χ3v) is 7.97. The fourth-order valence-corrected chi connectivity index (χ4v) is 5.76. The maximum absolute atomic E-state index is 13.0. The van der Waals surface area contributed by atoms with Gasteiger partial charge in [-0.15, -0.1) is 0 Å². The topological polar surface area (TPSA) is 102 Å². The number of aromatic nitrogens is 1. The highest BCUT2D eigenvalue weighted by Crippen LogP contribution is 2.30. The lowest BCUT2D eigenvalue weighted by atomic mass is 9.85. The zero-order chi connectivity index (χ0) is 21.9. The Hall–Kier alpha value is -2.39. The summed E-state index contributed by atoms with van der Waals surface area (Å²) in [6.45, 7) is 6.29. The van der Waals surface area contributed by atoms with Crippen molar-refractivity contribution in [1.82, 2.24) is 14.8 Å². The Balaban J connectivity index is 1.57. The van der Waals surface area contributed by atoms with E-state index in [1.807, 2.05) is 31.2 Å². The molecule has 0 aliphatic carbocycles. The highest BCUT2D eigenvalue weighted by Gasteiger charge is 2.36. The average Bonchev–Trinajstić information content (AvgIpc) is 3.10. The smallest absolute Gasteiger partial charge is 0.248 e. The van der Waals surface area contributed by atoms with Crippen LogP contribution in [0.4, 0.5) is 0 Å². The molecule has 0 bridgehead atoms. The summed E-state index contributed by atoms with van der Waals surface area (Å²) in [5, 5.41) is 6.74. The fraction of sp³-hybridized carbons (Fsp3) is 0.524. The first kappa shape index (κ1) is 22.3. The van der Waals surface area contributed by atoms with E-state index in [1.54, 1.807) is 21.0 Å². The number of amides is 1. The number of nitrogens with zero attached hydrogens (tertiary/aromatic N) is 2. The predicted molar refractivity (Wildman–Crippen MR) is 111 cm³/mol. The Kier molecular flexibility index (Phi) is 6.82. The quantitative estimate of drug-likeness (QED) is 0.717. The van der Waals surface area contributed by atoms with Gasteiger partial charge >= 0.3 is 0 Å². The van der Waals surface area contributed by atoms with Crippen LogP contribution in [0, 0.1) is 25.7 Å². The van der Waals surface area contributed by atoms with Gasteiger partial charge in [-0.25, -0.2) is 8.42 Å². The molecular weight excluding hydrogens is 406 g/mol. The van der Waals surface area contributed by atoms with Crippen molar-refractivity contribution >= 4 is 15.9 Å². The molecule has 1 aliphatic heterocycles. The number of carbonyl (C=O) groups is 1. The van der Waals surface area contributed by atoms with Gasteiger partial charge in [-0.3, -0.25) is 4.79 Å². The number of hydrogen-bond donors (Lipinski definition) is 1. The van der Waals surface area contributed by atoms with Gasteiger partial charge in [-0.2, -0.15) is 4.31 Å². The van der Waals surface area contributed by atoms with E-state index in [1.165, 1.54) is 4.31 Å². The number of hydrogen-bond acceptors (Lipinski definition) is 6. The van der Waals surface area contributed by atoms with E-state index in [0.29, 0.717) is 43.9 Å². The number of rotatable bonds is 7. The number of sulfonamides is 1. The van der Waals surface area contributed by atoms with Gasteiger partial charge in [0, 0.05) is 31.1 Å². The molecule has 30 heavy (non-hydrogen) atoms. The molecule has 1 aromatic heterocycles. The third-order valence-electron chi connectivity index (χ3n) is 5.83. The van der Waals surface area contributed by atoms with Crippen molar-refractivity contribution in [3.8, 4) is 5.75 Å². The second-order valence-corrected chi connectivity index (χ2v) is 9.59. The molecular formula is C21H29N3O5S. The minimum Gasteiger partial charge on any atom is -0.496 e. The fourth-order valence-electron chi connectivity index (χ4n) is 3.99. The van der Waals surface area contributed by atoms with E-state index in [4.69, 9.17) is 9.26 Å². The van der Waals surface area contributed by atoms with Gasteiger partial charge in [0.1, 0.15) is 16.3 Å². The normalized spacial score (nSPS) is 16.9. The zero-order valence-electron chi connectivity index (χ0n) is 17.8. The van der Waals surface area contributed by atoms with Crippen LogP contribution in [0.25, 0.3) is 0 Å².